The van der Waals surface area contributed by atoms with E-state index < -0.39 is 0 Å². The first kappa shape index (κ1) is 3.88. The monoisotopic (exact) mass is 61.0 g/mol. The summed E-state index contributed by atoms with van der Waals surface area (Å²) in [6.45, 7) is 0. The molecule has 0 spiro atoms. The van der Waals surface area contributed by atoms with Gasteiger partial charge in [0.1, 0.15) is 0 Å². The van der Waals surface area contributed by atoms with E-state index in [1.54, 1.807) is 0 Å². The van der Waals surface area contributed by atoms with Gasteiger partial charge in [-0.15, -0.1) is 0 Å². The van der Waals surface area contributed by atoms with E-state index in [2.05, 4.69) is 4.84 Å². The lowest BCUT2D eigenvalue weighted by Gasteiger charge is -1.97. The van der Waals surface area contributed by atoms with Crippen molar-refractivity contribution in [1.29, 1.82) is 0 Å². The maximum atomic E-state index is 8.70. The minimum Gasteiger partial charge on any atom is -0.462 e. The minimum absolute atomic E-state index is 1.20. The van der Waals surface area contributed by atoms with E-state index in [4.69, 9.17) is 5.21 Å². The Kier molecular flexibility index (Phi) is 2.79. The largest absolute Gasteiger partial charge is 0.462 e. The Morgan fingerprint density at radius 3 is 2.25 bits per heavy atom. The smallest absolute Gasteiger partial charge is 0.0154 e. The van der Waals surface area contributed by atoms with Crippen molar-refractivity contribution in [2.75, 3.05) is 7.11 Å². The Hall–Kier alpha value is -0.120. The van der Waals surface area contributed by atoms with Crippen LogP contribution in [0.15, 0.2) is 0 Å². The van der Waals surface area contributed by atoms with Gasteiger partial charge in [0.15, 0.2) is 0 Å². The van der Waals surface area contributed by atoms with Crippen molar-refractivity contribution < 1.29 is 10.0 Å². The van der Waals surface area contributed by atoms with Crippen molar-refractivity contribution in [3.63, 3.8) is 0 Å². The zero-order chi connectivity index (χ0) is 3.41. The average molecular weight is 61.0 g/mol. The lowest BCUT2D eigenvalue weighted by atomic mass is 11.7. The highest BCUT2D eigenvalue weighted by molar-refractivity contribution is 4.10. The van der Waals surface area contributed by atoms with Crippen LogP contribution < -0.4 is 0 Å². The summed E-state index contributed by atoms with van der Waals surface area (Å²) in [7, 11) is 1.20. The number of hydrogen-bond donors (Lipinski definition) is 0. The predicted octanol–water partition coefficient (Wildman–Crippen LogP) is 0.267. The molecule has 25 valence electrons. The van der Waals surface area contributed by atoms with Crippen LogP contribution in [0, 0.1) is 0 Å². The maximum Gasteiger partial charge on any atom is 0.0154 e. The molecular weight excluding hydrogens is 58.0 g/mol. The van der Waals surface area contributed by atoms with Crippen LogP contribution >= 0.6 is 0 Å². The van der Waals surface area contributed by atoms with Gasteiger partial charge in [0.25, 0.3) is 0 Å². The molecule has 0 fully saturated rings. The van der Waals surface area contributed by atoms with Crippen molar-refractivity contribution in [2.45, 2.75) is 0 Å². The van der Waals surface area contributed by atoms with Crippen LogP contribution in [-0.2, 0) is 10.0 Å². The number of rotatable bonds is 1. The fourth-order valence-electron chi connectivity index (χ4n) is 0. The van der Waals surface area contributed by atoms with Crippen LogP contribution in [0.25, 0.3) is 5.64 Å². The molecule has 0 aliphatic heterocycles. The maximum absolute atomic E-state index is 8.70. The molecular formula is CH3NO2-. The highest BCUT2D eigenvalue weighted by Crippen LogP contribution is 1.67. The Morgan fingerprint density at radius 1 is 2.00 bits per heavy atom. The standard InChI is InChI=1S/CH3NO2/c1-4-2-3/h1H3/q-1. The van der Waals surface area contributed by atoms with Gasteiger partial charge in [-0.05, 0) is 0 Å². The summed E-state index contributed by atoms with van der Waals surface area (Å²) in [4.78, 5) is 3.61. The summed E-state index contributed by atoms with van der Waals surface area (Å²) in [6.07, 6.45) is 0. The van der Waals surface area contributed by atoms with E-state index in [0.29, 0.717) is 0 Å². The zero-order valence-electron chi connectivity index (χ0n) is 2.26. The Labute approximate surface area is 24.1 Å². The second-order valence-corrected chi connectivity index (χ2v) is 0.257. The molecule has 0 rings (SSSR count). The molecule has 3 heteroatoms. The third kappa shape index (κ3) is 1.88. The molecule has 0 aromatic rings. The molecule has 4 heavy (non-hydrogen) atoms. The highest BCUT2D eigenvalue weighted by Gasteiger charge is 1.29. The lowest BCUT2D eigenvalue weighted by Crippen LogP contribution is -1.60. The van der Waals surface area contributed by atoms with Gasteiger partial charge in [0.05, 0.1) is 0 Å². The highest BCUT2D eigenvalue weighted by atomic mass is 16.8. The quantitative estimate of drug-likeness (QED) is 0.401. The van der Waals surface area contributed by atoms with Crippen LogP contribution in [0.4, 0.5) is 0 Å². The summed E-state index contributed by atoms with van der Waals surface area (Å²) < 4.78 is 0. The third-order valence-corrected chi connectivity index (χ3v) is 0.0745. The van der Waals surface area contributed by atoms with Crippen LogP contribution in [0.3, 0.4) is 0 Å². The second kappa shape index (κ2) is 2.88. The topological polar surface area (TPSA) is 43.2 Å². The van der Waals surface area contributed by atoms with Gasteiger partial charge in [-0.3, -0.25) is 0 Å². The zero-order valence-corrected chi connectivity index (χ0v) is 2.26. The summed E-state index contributed by atoms with van der Waals surface area (Å²) in [6, 6.07) is 0. The molecule has 3 nitrogen and oxygen atoms in total. The first-order valence-electron chi connectivity index (χ1n) is 0.773. The van der Waals surface area contributed by atoms with Gasteiger partial charge >= 0.3 is 0 Å². The Bertz CT molecular complexity index is 8.00. The molecule has 0 N–H and O–H groups in total. The lowest BCUT2D eigenvalue weighted by molar-refractivity contribution is 0.0875. The van der Waals surface area contributed by atoms with Crippen LogP contribution in [0.5, 0.6) is 0 Å². The van der Waals surface area contributed by atoms with Crippen molar-refractivity contribution in [3.05, 3.63) is 5.64 Å². The summed E-state index contributed by atoms with van der Waals surface area (Å²) >= 11 is 0. The SMILES string of the molecule is CO[N-][O]. The molecule has 0 aliphatic carbocycles. The molecule has 0 saturated carbocycles. The van der Waals surface area contributed by atoms with Crippen LogP contribution in [0.1, 0.15) is 0 Å². The van der Waals surface area contributed by atoms with E-state index in [1.165, 1.54) is 7.11 Å². The van der Waals surface area contributed by atoms with Crippen molar-refractivity contribution >= 4 is 0 Å². The number of hydrogen-bond acceptors (Lipinski definition) is 1. The molecule has 0 unspecified atom stereocenters. The molecule has 1 radical (unpaired) electrons. The molecule has 0 heterocycles. The Morgan fingerprint density at radius 2 is 2.25 bits per heavy atom. The first-order chi connectivity index (χ1) is 1.91. The molecule has 0 atom stereocenters. The fraction of sp³-hybridized carbons (Fsp3) is 1.00. The normalized spacial score (nSPS) is 7.50. The molecule has 0 amide bonds. The average Bonchev–Trinajstić information content (AvgIpc) is 1.37. The molecule has 0 bridgehead atoms. The number of nitrogens with zero attached hydrogens (tertiary/aromatic N) is 1. The first-order valence-corrected chi connectivity index (χ1v) is 0.773. The Balaban J connectivity index is 1.97. The second-order valence-electron chi connectivity index (χ2n) is 0.257. The van der Waals surface area contributed by atoms with E-state index in [-0.39, 0.29) is 0 Å². The summed E-state index contributed by atoms with van der Waals surface area (Å²) in [5, 5.41) is 8.70. The van der Waals surface area contributed by atoms with Gasteiger partial charge in [0, 0.05) is 7.11 Å². The third-order valence-electron chi connectivity index (χ3n) is 0.0745. The molecule has 0 saturated heterocycles. The molecule has 0 aliphatic rings. The van der Waals surface area contributed by atoms with E-state index in [1.807, 2.05) is 5.64 Å². The molecule has 0 aromatic heterocycles. The van der Waals surface area contributed by atoms with Gasteiger partial charge in [-0.2, -0.15) is 0 Å². The van der Waals surface area contributed by atoms with Gasteiger partial charge in [0.2, 0.25) is 0 Å². The van der Waals surface area contributed by atoms with Gasteiger partial charge in [-0.1, -0.05) is 0 Å². The summed E-state index contributed by atoms with van der Waals surface area (Å²) in [5.41, 5.74) is 1.99. The summed E-state index contributed by atoms with van der Waals surface area (Å²) in [5.74, 6) is 0. The van der Waals surface area contributed by atoms with Crippen molar-refractivity contribution in [3.8, 4) is 0 Å². The van der Waals surface area contributed by atoms with E-state index in [9.17, 15) is 0 Å². The van der Waals surface area contributed by atoms with E-state index >= 15 is 0 Å². The van der Waals surface area contributed by atoms with Crippen molar-refractivity contribution in [2.24, 2.45) is 0 Å². The van der Waals surface area contributed by atoms with Gasteiger partial charge < -0.3 is 15.7 Å². The van der Waals surface area contributed by atoms with Crippen LogP contribution in [0.2, 0.25) is 0 Å². The van der Waals surface area contributed by atoms with Crippen LogP contribution in [-0.4, -0.2) is 7.11 Å². The minimum atomic E-state index is 1.20. The fourth-order valence-corrected chi connectivity index (χ4v) is 0. The predicted molar refractivity (Wildman–Crippen MR) is 11.1 cm³/mol. The van der Waals surface area contributed by atoms with Crippen molar-refractivity contribution in [1.82, 2.24) is 0 Å². The molecule has 0 aromatic carbocycles. The van der Waals surface area contributed by atoms with E-state index in [0.717, 1.165) is 0 Å². The van der Waals surface area contributed by atoms with Gasteiger partial charge in [-0.25, -0.2) is 0 Å².